The van der Waals surface area contributed by atoms with Crippen molar-refractivity contribution in [2.24, 2.45) is 0 Å². The molecule has 0 atom stereocenters. The molecule has 6 nitrogen and oxygen atoms in total. The second-order valence-corrected chi connectivity index (χ2v) is 3.88. The second-order valence-electron chi connectivity index (χ2n) is 3.88. The molecule has 0 saturated heterocycles. The van der Waals surface area contributed by atoms with Crippen LogP contribution in [0.15, 0.2) is 18.2 Å². The smallest absolute Gasteiger partial charge is 0.341 e. The Morgan fingerprint density at radius 2 is 2.21 bits per heavy atom. The number of carbonyl (C=O) groups is 1. The van der Waals surface area contributed by atoms with Crippen LogP contribution in [0.25, 0.3) is 0 Å². The molecule has 0 unspecified atom stereocenters. The number of benzene rings is 1. The van der Waals surface area contributed by atoms with E-state index >= 15 is 0 Å². The van der Waals surface area contributed by atoms with Crippen molar-refractivity contribution in [1.82, 2.24) is 5.32 Å². The predicted octanol–water partition coefficient (Wildman–Crippen LogP) is 0.631. The van der Waals surface area contributed by atoms with Gasteiger partial charge in [-0.15, -0.1) is 0 Å². The lowest BCUT2D eigenvalue weighted by atomic mass is 10.2. The SMILES string of the molecule is COc1cccc(CNCCCO)c1OCC(=O)O. The maximum atomic E-state index is 10.6. The fraction of sp³-hybridized carbons (Fsp3) is 0.462. The normalized spacial score (nSPS) is 10.2. The van der Waals surface area contributed by atoms with Crippen molar-refractivity contribution in [1.29, 1.82) is 0 Å². The van der Waals surface area contributed by atoms with Crippen LogP contribution in [0.1, 0.15) is 12.0 Å². The number of aliphatic hydroxyl groups is 1. The number of aliphatic hydroxyl groups excluding tert-OH is 1. The Labute approximate surface area is 112 Å². The number of rotatable bonds is 9. The first-order chi connectivity index (χ1) is 9.19. The van der Waals surface area contributed by atoms with E-state index in [1.165, 1.54) is 7.11 Å². The van der Waals surface area contributed by atoms with Gasteiger partial charge in [0.15, 0.2) is 18.1 Å². The summed E-state index contributed by atoms with van der Waals surface area (Å²) >= 11 is 0. The Balaban J connectivity index is 2.73. The summed E-state index contributed by atoms with van der Waals surface area (Å²) in [4.78, 5) is 10.6. The van der Waals surface area contributed by atoms with E-state index in [1.807, 2.05) is 12.1 Å². The molecule has 3 N–H and O–H groups in total. The van der Waals surface area contributed by atoms with Crippen LogP contribution in [0.5, 0.6) is 11.5 Å². The first-order valence-corrected chi connectivity index (χ1v) is 6.01. The maximum absolute atomic E-state index is 10.6. The van der Waals surface area contributed by atoms with Gasteiger partial charge in [-0.3, -0.25) is 0 Å². The zero-order valence-corrected chi connectivity index (χ0v) is 10.9. The minimum Gasteiger partial charge on any atom is -0.493 e. The lowest BCUT2D eigenvalue weighted by Gasteiger charge is -2.14. The largest absolute Gasteiger partial charge is 0.493 e. The topological polar surface area (TPSA) is 88.0 Å². The monoisotopic (exact) mass is 269 g/mol. The number of hydrogen-bond donors (Lipinski definition) is 3. The van der Waals surface area contributed by atoms with Crippen LogP contribution < -0.4 is 14.8 Å². The van der Waals surface area contributed by atoms with Gasteiger partial charge >= 0.3 is 5.97 Å². The Morgan fingerprint density at radius 3 is 2.84 bits per heavy atom. The van der Waals surface area contributed by atoms with Crippen LogP contribution in [0.4, 0.5) is 0 Å². The highest BCUT2D eigenvalue weighted by Gasteiger charge is 2.11. The number of para-hydroxylation sites is 1. The molecule has 19 heavy (non-hydrogen) atoms. The highest BCUT2D eigenvalue weighted by atomic mass is 16.5. The van der Waals surface area contributed by atoms with E-state index in [0.29, 0.717) is 31.0 Å². The van der Waals surface area contributed by atoms with Crippen LogP contribution in [-0.2, 0) is 11.3 Å². The van der Waals surface area contributed by atoms with Gasteiger partial charge < -0.3 is 25.0 Å². The van der Waals surface area contributed by atoms with Gasteiger partial charge in [0, 0.05) is 18.7 Å². The van der Waals surface area contributed by atoms with Gasteiger partial charge in [0.05, 0.1) is 7.11 Å². The Hall–Kier alpha value is -1.79. The first-order valence-electron chi connectivity index (χ1n) is 6.01. The van der Waals surface area contributed by atoms with E-state index in [-0.39, 0.29) is 6.61 Å². The summed E-state index contributed by atoms with van der Waals surface area (Å²) in [6.07, 6.45) is 0.662. The number of carboxylic acids is 1. The average Bonchev–Trinajstić information content (AvgIpc) is 2.41. The van der Waals surface area contributed by atoms with Crippen LogP contribution in [0.3, 0.4) is 0 Å². The summed E-state index contributed by atoms with van der Waals surface area (Å²) < 4.78 is 10.4. The quantitative estimate of drug-likeness (QED) is 0.570. The molecule has 0 aromatic heterocycles. The maximum Gasteiger partial charge on any atom is 0.341 e. The van der Waals surface area contributed by atoms with Gasteiger partial charge in [-0.1, -0.05) is 12.1 Å². The molecular formula is C13H19NO5. The molecule has 106 valence electrons. The van der Waals surface area contributed by atoms with E-state index in [2.05, 4.69) is 5.32 Å². The minimum atomic E-state index is -1.04. The van der Waals surface area contributed by atoms with Crippen molar-refractivity contribution >= 4 is 5.97 Å². The zero-order chi connectivity index (χ0) is 14.1. The fourth-order valence-electron chi connectivity index (χ4n) is 1.59. The summed E-state index contributed by atoms with van der Waals surface area (Å²) in [5.41, 5.74) is 0.818. The molecule has 0 aliphatic heterocycles. The van der Waals surface area contributed by atoms with Gasteiger partial charge in [0.1, 0.15) is 0 Å². The van der Waals surface area contributed by atoms with E-state index in [1.54, 1.807) is 6.07 Å². The van der Waals surface area contributed by atoms with Crippen molar-refractivity contribution in [2.45, 2.75) is 13.0 Å². The molecule has 0 radical (unpaired) electrons. The molecule has 0 heterocycles. The summed E-state index contributed by atoms with van der Waals surface area (Å²) in [5.74, 6) is -0.100. The summed E-state index contributed by atoms with van der Waals surface area (Å²) in [6.45, 7) is 0.912. The number of methoxy groups -OCH3 is 1. The molecule has 0 fully saturated rings. The van der Waals surface area contributed by atoms with Crippen molar-refractivity contribution < 1.29 is 24.5 Å². The number of ether oxygens (including phenoxy) is 2. The molecule has 0 spiro atoms. The average molecular weight is 269 g/mol. The molecule has 1 rings (SSSR count). The highest BCUT2D eigenvalue weighted by Crippen LogP contribution is 2.30. The molecule has 6 heteroatoms. The molecule has 1 aromatic carbocycles. The third-order valence-corrected chi connectivity index (χ3v) is 2.45. The number of hydrogen-bond acceptors (Lipinski definition) is 5. The standard InChI is InChI=1S/C13H19NO5/c1-18-11-5-2-4-10(8-14-6-3-7-15)13(11)19-9-12(16)17/h2,4-5,14-15H,3,6-9H2,1H3,(H,16,17). The van der Waals surface area contributed by atoms with Gasteiger partial charge in [-0.25, -0.2) is 4.79 Å². The Kier molecular flexibility index (Phi) is 6.70. The first kappa shape index (κ1) is 15.3. The van der Waals surface area contributed by atoms with Crippen molar-refractivity contribution in [3.8, 4) is 11.5 Å². The van der Waals surface area contributed by atoms with Gasteiger partial charge in [0.25, 0.3) is 0 Å². The molecular weight excluding hydrogens is 250 g/mol. The lowest BCUT2D eigenvalue weighted by molar-refractivity contribution is -0.139. The Bertz CT molecular complexity index is 408. The van der Waals surface area contributed by atoms with Crippen LogP contribution >= 0.6 is 0 Å². The van der Waals surface area contributed by atoms with E-state index in [0.717, 1.165) is 5.56 Å². The zero-order valence-electron chi connectivity index (χ0n) is 10.9. The molecule has 0 bridgehead atoms. The van der Waals surface area contributed by atoms with Gasteiger partial charge in [-0.05, 0) is 19.0 Å². The van der Waals surface area contributed by atoms with Gasteiger partial charge in [0.2, 0.25) is 0 Å². The van der Waals surface area contributed by atoms with Crippen molar-refractivity contribution in [3.05, 3.63) is 23.8 Å². The molecule has 0 aliphatic carbocycles. The van der Waals surface area contributed by atoms with Crippen LogP contribution in [0.2, 0.25) is 0 Å². The molecule has 0 amide bonds. The summed E-state index contributed by atoms with van der Waals surface area (Å²) in [7, 11) is 1.51. The van der Waals surface area contributed by atoms with Crippen molar-refractivity contribution in [2.75, 3.05) is 26.9 Å². The van der Waals surface area contributed by atoms with Crippen LogP contribution in [-0.4, -0.2) is 43.1 Å². The summed E-state index contributed by atoms with van der Waals surface area (Å²) in [6, 6.07) is 5.37. The van der Waals surface area contributed by atoms with Crippen LogP contribution in [0, 0.1) is 0 Å². The predicted molar refractivity (Wildman–Crippen MR) is 69.5 cm³/mol. The molecule has 0 saturated carbocycles. The fourth-order valence-corrected chi connectivity index (χ4v) is 1.59. The molecule has 1 aromatic rings. The van der Waals surface area contributed by atoms with Crippen molar-refractivity contribution in [3.63, 3.8) is 0 Å². The lowest BCUT2D eigenvalue weighted by Crippen LogP contribution is -2.17. The number of nitrogens with one attached hydrogen (secondary N) is 1. The highest BCUT2D eigenvalue weighted by molar-refractivity contribution is 5.68. The third kappa shape index (κ3) is 5.15. The molecule has 0 aliphatic rings. The third-order valence-electron chi connectivity index (χ3n) is 2.45. The van der Waals surface area contributed by atoms with Gasteiger partial charge in [-0.2, -0.15) is 0 Å². The van der Waals surface area contributed by atoms with E-state index in [9.17, 15) is 4.79 Å². The number of carboxylic acid groups (broad SMARTS) is 1. The Morgan fingerprint density at radius 1 is 1.42 bits per heavy atom. The van der Waals surface area contributed by atoms with E-state index in [4.69, 9.17) is 19.7 Å². The van der Waals surface area contributed by atoms with E-state index < -0.39 is 12.6 Å². The summed E-state index contributed by atoms with van der Waals surface area (Å²) in [5, 5.41) is 20.5. The minimum absolute atomic E-state index is 0.132. The second kappa shape index (κ2) is 8.34. The number of aliphatic carboxylic acids is 1.